The minimum Gasteiger partial charge on any atom is -0.495 e. The maximum absolute atomic E-state index is 12.0. The first kappa shape index (κ1) is 15.6. The van der Waals surface area contributed by atoms with Crippen molar-refractivity contribution in [2.24, 2.45) is 5.92 Å². The molecule has 0 heterocycles. The van der Waals surface area contributed by atoms with E-state index < -0.39 is 5.54 Å². The van der Waals surface area contributed by atoms with E-state index in [1.54, 1.807) is 14.0 Å². The van der Waals surface area contributed by atoms with Crippen molar-refractivity contribution in [3.05, 3.63) is 22.7 Å². The molecule has 112 valence electrons. The number of amides is 1. The molecule has 1 aromatic rings. The topological polar surface area (TPSA) is 74.2 Å². The highest BCUT2D eigenvalue weighted by Gasteiger charge is 2.42. The molecule has 5 nitrogen and oxygen atoms in total. The largest absolute Gasteiger partial charge is 0.495 e. The van der Waals surface area contributed by atoms with Crippen LogP contribution in [0.4, 0.5) is 5.69 Å². The molecule has 1 unspecified atom stereocenters. The summed E-state index contributed by atoms with van der Waals surface area (Å²) in [6, 6.07) is 7.73. The molecule has 1 aromatic carbocycles. The number of ether oxygens (including phenoxy) is 1. The van der Waals surface area contributed by atoms with Gasteiger partial charge in [-0.1, -0.05) is 15.9 Å². The van der Waals surface area contributed by atoms with Crippen LogP contribution in [0, 0.1) is 17.2 Å². The highest BCUT2D eigenvalue weighted by molar-refractivity contribution is 9.10. The summed E-state index contributed by atoms with van der Waals surface area (Å²) < 4.78 is 6.13. The number of rotatable bonds is 6. The third-order valence-corrected chi connectivity index (χ3v) is 4.12. The van der Waals surface area contributed by atoms with Crippen LogP contribution >= 0.6 is 15.9 Å². The van der Waals surface area contributed by atoms with Crippen molar-refractivity contribution in [2.45, 2.75) is 25.3 Å². The normalized spacial score (nSPS) is 16.5. The molecule has 6 heteroatoms. The van der Waals surface area contributed by atoms with Crippen molar-refractivity contribution in [2.75, 3.05) is 19.0 Å². The third-order valence-electron chi connectivity index (χ3n) is 3.63. The van der Waals surface area contributed by atoms with Crippen LogP contribution in [-0.2, 0) is 4.79 Å². The number of benzene rings is 1. The van der Waals surface area contributed by atoms with E-state index in [1.165, 1.54) is 0 Å². The SMILES string of the molecule is COc1ccc(Br)cc1NCC(=O)NC(C)(C#N)C1CC1. The Hall–Kier alpha value is -1.74. The quantitative estimate of drug-likeness (QED) is 0.826. The molecule has 0 saturated heterocycles. The first-order valence-corrected chi connectivity index (χ1v) is 7.57. The molecule has 1 atom stereocenters. The number of nitrogens with zero attached hydrogens (tertiary/aromatic N) is 1. The van der Waals surface area contributed by atoms with E-state index in [-0.39, 0.29) is 18.4 Å². The summed E-state index contributed by atoms with van der Waals surface area (Å²) in [7, 11) is 1.58. The standard InChI is InChI=1S/C15H18BrN3O2/c1-15(9-17,10-3-4-10)19-14(20)8-18-12-7-11(16)5-6-13(12)21-2/h5-7,10,18H,3-4,8H2,1-2H3,(H,19,20). The second-order valence-corrected chi connectivity index (χ2v) is 6.25. The van der Waals surface area contributed by atoms with E-state index in [0.717, 1.165) is 23.0 Å². The van der Waals surface area contributed by atoms with Crippen LogP contribution in [0.5, 0.6) is 5.75 Å². The Balaban J connectivity index is 1.95. The molecule has 1 aliphatic rings. The molecule has 21 heavy (non-hydrogen) atoms. The maximum Gasteiger partial charge on any atom is 0.240 e. The van der Waals surface area contributed by atoms with Gasteiger partial charge in [0, 0.05) is 4.47 Å². The Kier molecular flexibility index (Phi) is 4.73. The number of nitriles is 1. The smallest absolute Gasteiger partial charge is 0.240 e. The number of nitrogens with one attached hydrogen (secondary N) is 2. The van der Waals surface area contributed by atoms with Crippen molar-refractivity contribution in [1.82, 2.24) is 5.32 Å². The molecule has 1 aliphatic carbocycles. The summed E-state index contributed by atoms with van der Waals surface area (Å²) in [5.74, 6) is 0.732. The zero-order valence-electron chi connectivity index (χ0n) is 12.1. The van der Waals surface area contributed by atoms with E-state index in [0.29, 0.717) is 5.75 Å². The fraction of sp³-hybridized carbons (Fsp3) is 0.467. The number of anilines is 1. The summed E-state index contributed by atoms with van der Waals surface area (Å²) in [6.07, 6.45) is 1.99. The molecule has 2 rings (SSSR count). The average Bonchev–Trinajstić information content (AvgIpc) is 3.30. The number of carbonyl (C=O) groups is 1. The summed E-state index contributed by atoms with van der Waals surface area (Å²) in [5.41, 5.74) is -0.0350. The predicted octanol–water partition coefficient (Wildman–Crippen LogP) is 2.68. The van der Waals surface area contributed by atoms with Gasteiger partial charge >= 0.3 is 0 Å². The Morgan fingerprint density at radius 2 is 2.29 bits per heavy atom. The van der Waals surface area contributed by atoms with E-state index in [1.807, 2.05) is 18.2 Å². The van der Waals surface area contributed by atoms with Crippen LogP contribution < -0.4 is 15.4 Å². The molecule has 0 spiro atoms. The molecular weight excluding hydrogens is 334 g/mol. The van der Waals surface area contributed by atoms with Gasteiger partial charge in [-0.25, -0.2) is 0 Å². The lowest BCUT2D eigenvalue weighted by atomic mass is 9.98. The molecular formula is C15H18BrN3O2. The van der Waals surface area contributed by atoms with Gasteiger partial charge in [0.15, 0.2) is 0 Å². The zero-order chi connectivity index (χ0) is 15.5. The lowest BCUT2D eigenvalue weighted by molar-refractivity contribution is -0.120. The van der Waals surface area contributed by atoms with Crippen molar-refractivity contribution in [1.29, 1.82) is 5.26 Å². The van der Waals surface area contributed by atoms with Crippen LogP contribution in [0.2, 0.25) is 0 Å². The summed E-state index contributed by atoms with van der Waals surface area (Å²) >= 11 is 3.38. The number of hydrogen-bond acceptors (Lipinski definition) is 4. The van der Waals surface area contributed by atoms with E-state index in [4.69, 9.17) is 4.74 Å². The Labute approximate surface area is 132 Å². The van der Waals surface area contributed by atoms with Gasteiger partial charge in [0.25, 0.3) is 0 Å². The summed E-state index contributed by atoms with van der Waals surface area (Å²) in [4.78, 5) is 12.0. The molecule has 0 radical (unpaired) electrons. The van der Waals surface area contributed by atoms with Gasteiger partial charge < -0.3 is 15.4 Å². The molecule has 2 N–H and O–H groups in total. The first-order valence-electron chi connectivity index (χ1n) is 6.78. The molecule has 0 bridgehead atoms. The van der Waals surface area contributed by atoms with Gasteiger partial charge in [0.1, 0.15) is 11.3 Å². The van der Waals surface area contributed by atoms with Crippen LogP contribution in [0.3, 0.4) is 0 Å². The van der Waals surface area contributed by atoms with Crippen LogP contribution in [0.1, 0.15) is 19.8 Å². The Morgan fingerprint density at radius 1 is 1.57 bits per heavy atom. The van der Waals surface area contributed by atoms with Crippen molar-refractivity contribution in [3.63, 3.8) is 0 Å². The Bertz CT molecular complexity index is 581. The van der Waals surface area contributed by atoms with Crippen LogP contribution in [0.25, 0.3) is 0 Å². The van der Waals surface area contributed by atoms with Crippen molar-refractivity contribution >= 4 is 27.5 Å². The number of methoxy groups -OCH3 is 1. The average molecular weight is 352 g/mol. The van der Waals surface area contributed by atoms with Gasteiger partial charge in [-0.15, -0.1) is 0 Å². The molecule has 0 aliphatic heterocycles. The second-order valence-electron chi connectivity index (χ2n) is 5.33. The monoisotopic (exact) mass is 351 g/mol. The van der Waals surface area contributed by atoms with E-state index in [9.17, 15) is 10.1 Å². The van der Waals surface area contributed by atoms with Crippen LogP contribution in [0.15, 0.2) is 22.7 Å². The number of carbonyl (C=O) groups excluding carboxylic acids is 1. The highest BCUT2D eigenvalue weighted by Crippen LogP contribution is 2.39. The predicted molar refractivity (Wildman–Crippen MR) is 84.1 cm³/mol. The fourth-order valence-electron chi connectivity index (χ4n) is 2.21. The lowest BCUT2D eigenvalue weighted by Crippen LogP contribution is -2.48. The number of halogens is 1. The lowest BCUT2D eigenvalue weighted by Gasteiger charge is -2.23. The molecule has 1 amide bonds. The number of hydrogen-bond donors (Lipinski definition) is 2. The molecule has 0 aromatic heterocycles. The summed E-state index contributed by atoms with van der Waals surface area (Å²) in [5, 5.41) is 15.1. The van der Waals surface area contributed by atoms with Gasteiger partial charge in [-0.05, 0) is 43.9 Å². The fourth-order valence-corrected chi connectivity index (χ4v) is 2.57. The van der Waals surface area contributed by atoms with Gasteiger partial charge in [-0.2, -0.15) is 5.26 Å². The second kappa shape index (κ2) is 6.35. The van der Waals surface area contributed by atoms with Gasteiger partial charge in [0.2, 0.25) is 5.91 Å². The third kappa shape index (κ3) is 3.88. The van der Waals surface area contributed by atoms with Crippen molar-refractivity contribution in [3.8, 4) is 11.8 Å². The van der Waals surface area contributed by atoms with E-state index in [2.05, 4.69) is 32.6 Å². The maximum atomic E-state index is 12.0. The molecule has 1 saturated carbocycles. The van der Waals surface area contributed by atoms with E-state index >= 15 is 0 Å². The summed E-state index contributed by atoms with van der Waals surface area (Å²) in [6.45, 7) is 1.87. The van der Waals surface area contributed by atoms with Gasteiger partial charge in [-0.3, -0.25) is 4.79 Å². The van der Waals surface area contributed by atoms with Crippen LogP contribution in [-0.4, -0.2) is 25.1 Å². The van der Waals surface area contributed by atoms with Crippen molar-refractivity contribution < 1.29 is 9.53 Å². The Morgan fingerprint density at radius 3 is 2.86 bits per heavy atom. The van der Waals surface area contributed by atoms with Gasteiger partial charge in [0.05, 0.1) is 25.4 Å². The highest BCUT2D eigenvalue weighted by atomic mass is 79.9. The minimum atomic E-state index is -0.764. The zero-order valence-corrected chi connectivity index (χ0v) is 13.7. The minimum absolute atomic E-state index is 0.0941. The molecule has 1 fully saturated rings. The first-order chi connectivity index (χ1) is 9.98.